The largest absolute Gasteiger partial charge is 0.494 e. The van der Waals surface area contributed by atoms with Gasteiger partial charge < -0.3 is 10.1 Å². The molecule has 0 saturated heterocycles. The van der Waals surface area contributed by atoms with Gasteiger partial charge in [-0.05, 0) is 54.7 Å². The standard InChI is InChI=1S/C21H25NO2/c1-4-17-8-7-9-18(5-2)21(17)22-20(23)15-12-16-10-13-19(14-11-16)24-6-3/h7-15H,4-6H2,1-3H3,(H,22,23). The molecule has 0 fully saturated rings. The lowest BCUT2D eigenvalue weighted by atomic mass is 10.0. The lowest BCUT2D eigenvalue weighted by Crippen LogP contribution is -2.11. The number of carbonyl (C=O) groups excluding carboxylic acids is 1. The Morgan fingerprint density at radius 2 is 1.62 bits per heavy atom. The minimum absolute atomic E-state index is 0.112. The zero-order valence-electron chi connectivity index (χ0n) is 14.6. The van der Waals surface area contributed by atoms with Gasteiger partial charge in [-0.3, -0.25) is 4.79 Å². The van der Waals surface area contributed by atoms with Crippen molar-refractivity contribution in [2.24, 2.45) is 0 Å². The van der Waals surface area contributed by atoms with Gasteiger partial charge in [0.2, 0.25) is 5.91 Å². The Bertz CT molecular complexity index is 680. The summed E-state index contributed by atoms with van der Waals surface area (Å²) >= 11 is 0. The van der Waals surface area contributed by atoms with Crippen LogP contribution >= 0.6 is 0 Å². The molecule has 0 saturated carbocycles. The topological polar surface area (TPSA) is 38.3 Å². The van der Waals surface area contributed by atoms with E-state index in [1.165, 1.54) is 0 Å². The zero-order chi connectivity index (χ0) is 17.4. The van der Waals surface area contributed by atoms with E-state index in [0.29, 0.717) is 6.61 Å². The number of aryl methyl sites for hydroxylation is 2. The van der Waals surface area contributed by atoms with Crippen LogP contribution < -0.4 is 10.1 Å². The van der Waals surface area contributed by atoms with E-state index in [-0.39, 0.29) is 5.91 Å². The van der Waals surface area contributed by atoms with Crippen LogP contribution in [-0.2, 0) is 17.6 Å². The summed E-state index contributed by atoms with van der Waals surface area (Å²) in [5, 5.41) is 3.03. The fourth-order valence-electron chi connectivity index (χ4n) is 2.58. The second-order valence-electron chi connectivity index (χ2n) is 5.48. The van der Waals surface area contributed by atoms with Crippen LogP contribution in [0.1, 0.15) is 37.5 Å². The van der Waals surface area contributed by atoms with Crippen molar-refractivity contribution in [3.05, 3.63) is 65.2 Å². The van der Waals surface area contributed by atoms with Crippen LogP contribution in [0.4, 0.5) is 5.69 Å². The maximum absolute atomic E-state index is 12.3. The number of rotatable bonds is 7. The van der Waals surface area contributed by atoms with E-state index >= 15 is 0 Å². The molecule has 3 heteroatoms. The molecule has 1 amide bonds. The fourth-order valence-corrected chi connectivity index (χ4v) is 2.58. The van der Waals surface area contributed by atoms with Crippen molar-refractivity contribution < 1.29 is 9.53 Å². The van der Waals surface area contributed by atoms with E-state index in [1.54, 1.807) is 6.08 Å². The molecule has 0 atom stereocenters. The monoisotopic (exact) mass is 323 g/mol. The quantitative estimate of drug-likeness (QED) is 0.739. The van der Waals surface area contributed by atoms with Gasteiger partial charge in [-0.15, -0.1) is 0 Å². The second kappa shape index (κ2) is 8.92. The van der Waals surface area contributed by atoms with E-state index < -0.39 is 0 Å². The number of para-hydroxylation sites is 1. The lowest BCUT2D eigenvalue weighted by Gasteiger charge is -2.13. The van der Waals surface area contributed by atoms with Gasteiger partial charge in [0.05, 0.1) is 6.61 Å². The normalized spacial score (nSPS) is 10.8. The van der Waals surface area contributed by atoms with Gasteiger partial charge in [0.1, 0.15) is 5.75 Å². The van der Waals surface area contributed by atoms with Gasteiger partial charge in [-0.1, -0.05) is 44.2 Å². The SMILES string of the molecule is CCOc1ccc(C=CC(=O)Nc2c(CC)cccc2CC)cc1. The van der Waals surface area contributed by atoms with Crippen molar-refractivity contribution in [3.63, 3.8) is 0 Å². The minimum atomic E-state index is -0.112. The fraction of sp³-hybridized carbons (Fsp3) is 0.286. The van der Waals surface area contributed by atoms with Crippen LogP contribution in [0.15, 0.2) is 48.5 Å². The van der Waals surface area contributed by atoms with Crippen molar-refractivity contribution in [3.8, 4) is 5.75 Å². The molecule has 0 spiro atoms. The van der Waals surface area contributed by atoms with Crippen molar-refractivity contribution in [2.75, 3.05) is 11.9 Å². The van der Waals surface area contributed by atoms with Gasteiger partial charge in [0, 0.05) is 11.8 Å². The predicted octanol–water partition coefficient (Wildman–Crippen LogP) is 4.86. The molecule has 0 aliphatic carbocycles. The molecule has 126 valence electrons. The molecule has 2 aromatic rings. The van der Waals surface area contributed by atoms with Gasteiger partial charge >= 0.3 is 0 Å². The third kappa shape index (κ3) is 4.72. The summed E-state index contributed by atoms with van der Waals surface area (Å²) < 4.78 is 5.41. The summed E-state index contributed by atoms with van der Waals surface area (Å²) in [6.45, 7) is 6.80. The van der Waals surface area contributed by atoms with E-state index in [2.05, 4.69) is 31.3 Å². The average molecular weight is 323 g/mol. The van der Waals surface area contributed by atoms with Crippen LogP contribution in [0.5, 0.6) is 5.75 Å². The van der Waals surface area contributed by atoms with Crippen molar-refractivity contribution in [1.29, 1.82) is 0 Å². The predicted molar refractivity (Wildman–Crippen MR) is 100 cm³/mol. The third-order valence-electron chi connectivity index (χ3n) is 3.87. The lowest BCUT2D eigenvalue weighted by molar-refractivity contribution is -0.111. The Morgan fingerprint density at radius 3 is 2.17 bits per heavy atom. The number of hydrogen-bond acceptors (Lipinski definition) is 2. The Morgan fingerprint density at radius 1 is 1.00 bits per heavy atom. The molecule has 0 bridgehead atoms. The van der Waals surface area contributed by atoms with Crippen LogP contribution in [0, 0.1) is 0 Å². The molecule has 0 aromatic heterocycles. The highest BCUT2D eigenvalue weighted by molar-refractivity contribution is 6.02. The first-order chi connectivity index (χ1) is 11.7. The first kappa shape index (κ1) is 17.8. The van der Waals surface area contributed by atoms with Crippen LogP contribution in [0.2, 0.25) is 0 Å². The van der Waals surface area contributed by atoms with E-state index in [1.807, 2.05) is 43.3 Å². The van der Waals surface area contributed by atoms with E-state index in [4.69, 9.17) is 4.74 Å². The molecule has 0 radical (unpaired) electrons. The van der Waals surface area contributed by atoms with Crippen molar-refractivity contribution in [1.82, 2.24) is 0 Å². The summed E-state index contributed by atoms with van der Waals surface area (Å²) in [6, 6.07) is 13.8. The van der Waals surface area contributed by atoms with Crippen LogP contribution in [0.25, 0.3) is 6.08 Å². The number of carbonyl (C=O) groups is 1. The second-order valence-corrected chi connectivity index (χ2v) is 5.48. The van der Waals surface area contributed by atoms with E-state index in [9.17, 15) is 4.79 Å². The van der Waals surface area contributed by atoms with Gasteiger partial charge in [-0.25, -0.2) is 0 Å². The van der Waals surface area contributed by atoms with Gasteiger partial charge in [-0.2, -0.15) is 0 Å². The van der Waals surface area contributed by atoms with Crippen LogP contribution in [-0.4, -0.2) is 12.5 Å². The highest BCUT2D eigenvalue weighted by Gasteiger charge is 2.08. The molecule has 24 heavy (non-hydrogen) atoms. The molecule has 2 rings (SSSR count). The summed E-state index contributed by atoms with van der Waals surface area (Å²) in [4.78, 5) is 12.3. The van der Waals surface area contributed by atoms with Crippen molar-refractivity contribution in [2.45, 2.75) is 33.6 Å². The molecular weight excluding hydrogens is 298 g/mol. The summed E-state index contributed by atoms with van der Waals surface area (Å²) in [7, 11) is 0. The van der Waals surface area contributed by atoms with Gasteiger partial charge in [0.25, 0.3) is 0 Å². The number of benzene rings is 2. The maximum atomic E-state index is 12.3. The average Bonchev–Trinajstić information content (AvgIpc) is 2.61. The van der Waals surface area contributed by atoms with Crippen LogP contribution in [0.3, 0.4) is 0 Å². The summed E-state index contributed by atoms with van der Waals surface area (Å²) in [6.07, 6.45) is 5.17. The Kier molecular flexibility index (Phi) is 6.62. The maximum Gasteiger partial charge on any atom is 0.248 e. The Hall–Kier alpha value is -2.55. The molecule has 0 aliphatic heterocycles. The number of ether oxygens (including phenoxy) is 1. The smallest absolute Gasteiger partial charge is 0.248 e. The molecule has 3 nitrogen and oxygen atoms in total. The number of nitrogens with one attached hydrogen (secondary N) is 1. The molecule has 0 heterocycles. The Labute approximate surface area is 144 Å². The zero-order valence-corrected chi connectivity index (χ0v) is 14.6. The van der Waals surface area contributed by atoms with E-state index in [0.717, 1.165) is 41.0 Å². The highest BCUT2D eigenvalue weighted by atomic mass is 16.5. The Balaban J connectivity index is 2.08. The molecule has 0 unspecified atom stereocenters. The molecule has 1 N–H and O–H groups in total. The molecule has 0 aliphatic rings. The molecule has 2 aromatic carbocycles. The third-order valence-corrected chi connectivity index (χ3v) is 3.87. The van der Waals surface area contributed by atoms with Gasteiger partial charge in [0.15, 0.2) is 0 Å². The van der Waals surface area contributed by atoms with Crippen molar-refractivity contribution >= 4 is 17.7 Å². The highest BCUT2D eigenvalue weighted by Crippen LogP contribution is 2.22. The first-order valence-corrected chi connectivity index (χ1v) is 8.50. The minimum Gasteiger partial charge on any atom is -0.494 e. The number of amides is 1. The summed E-state index contributed by atoms with van der Waals surface area (Å²) in [5.74, 6) is 0.725. The first-order valence-electron chi connectivity index (χ1n) is 8.50. The summed E-state index contributed by atoms with van der Waals surface area (Å²) in [5.41, 5.74) is 4.24. The molecular formula is C21H25NO2. The number of anilines is 1. The number of hydrogen-bond donors (Lipinski definition) is 1.